The van der Waals surface area contributed by atoms with Gasteiger partial charge in [0.05, 0.1) is 17.0 Å². The van der Waals surface area contributed by atoms with Gasteiger partial charge in [0.2, 0.25) is 10.0 Å². The van der Waals surface area contributed by atoms with Crippen LogP contribution in [0.15, 0.2) is 23.2 Å². The van der Waals surface area contributed by atoms with E-state index < -0.39 is 15.8 Å². The number of aryl methyl sites for hydroxylation is 1. The lowest BCUT2D eigenvalue weighted by atomic mass is 10.1. The molecule has 0 heterocycles. The predicted molar refractivity (Wildman–Crippen MR) is 114 cm³/mol. The number of benzene rings is 1. The molecule has 1 rings (SSSR count). The molecule has 0 spiro atoms. The van der Waals surface area contributed by atoms with Crippen LogP contribution in [-0.2, 0) is 14.8 Å². The Balaban J connectivity index is 0.00000625. The summed E-state index contributed by atoms with van der Waals surface area (Å²) in [6.45, 7) is 6.11. The standard InChI is InChI=1S/C16H27FN4O3S.HI/c1-12-6-7-13(10-14(12)17)21-25(22,23)9-8-19-15(18-4)20-11-16(2,3)24-5;/h6-7,10,21H,8-9,11H2,1-5H3,(H2,18,19,20);1H. The quantitative estimate of drug-likeness (QED) is 0.288. The highest BCUT2D eigenvalue weighted by Crippen LogP contribution is 2.14. The average molecular weight is 502 g/mol. The van der Waals surface area contributed by atoms with Gasteiger partial charge in [-0.3, -0.25) is 9.71 Å². The molecule has 1 aromatic carbocycles. The van der Waals surface area contributed by atoms with Crippen LogP contribution in [0.25, 0.3) is 0 Å². The molecule has 0 aliphatic heterocycles. The summed E-state index contributed by atoms with van der Waals surface area (Å²) in [5.41, 5.74) is 0.284. The second kappa shape index (κ2) is 10.9. The fourth-order valence-electron chi connectivity index (χ4n) is 1.78. The normalized spacial score (nSPS) is 12.3. The fourth-order valence-corrected chi connectivity index (χ4v) is 2.74. The largest absolute Gasteiger partial charge is 0.377 e. The van der Waals surface area contributed by atoms with Crippen LogP contribution in [0.4, 0.5) is 10.1 Å². The Labute approximate surface area is 172 Å². The van der Waals surface area contributed by atoms with Crippen molar-refractivity contribution < 1.29 is 17.5 Å². The summed E-state index contributed by atoms with van der Waals surface area (Å²) in [5, 5.41) is 5.98. The fraction of sp³-hybridized carbons (Fsp3) is 0.562. The first-order valence-electron chi connectivity index (χ1n) is 7.85. The van der Waals surface area contributed by atoms with Crippen LogP contribution in [0, 0.1) is 12.7 Å². The number of aliphatic imine (C=N–C) groups is 1. The summed E-state index contributed by atoms with van der Waals surface area (Å²) in [5.74, 6) is -0.165. The molecule has 10 heteroatoms. The number of nitrogens with one attached hydrogen (secondary N) is 3. The molecular formula is C16H28FIN4O3S. The van der Waals surface area contributed by atoms with Gasteiger partial charge in [0.1, 0.15) is 5.82 Å². The zero-order valence-corrected chi connectivity index (χ0v) is 18.9. The molecule has 0 bridgehead atoms. The highest BCUT2D eigenvalue weighted by molar-refractivity contribution is 14.0. The Bertz CT molecular complexity index is 711. The first-order valence-corrected chi connectivity index (χ1v) is 9.50. The van der Waals surface area contributed by atoms with E-state index in [2.05, 4.69) is 20.3 Å². The van der Waals surface area contributed by atoms with E-state index in [1.807, 2.05) is 13.8 Å². The molecule has 0 atom stereocenters. The zero-order chi connectivity index (χ0) is 19.1. The van der Waals surface area contributed by atoms with Crippen molar-refractivity contribution >= 4 is 45.6 Å². The Morgan fingerprint density at radius 1 is 1.31 bits per heavy atom. The number of halogens is 2. The lowest BCUT2D eigenvalue weighted by Crippen LogP contribution is -2.46. The molecule has 0 fully saturated rings. The lowest BCUT2D eigenvalue weighted by molar-refractivity contribution is 0.0268. The van der Waals surface area contributed by atoms with Crippen molar-refractivity contribution in [3.8, 4) is 0 Å². The molecule has 7 nitrogen and oxygen atoms in total. The smallest absolute Gasteiger partial charge is 0.234 e. The molecule has 26 heavy (non-hydrogen) atoms. The van der Waals surface area contributed by atoms with E-state index in [-0.39, 0.29) is 47.6 Å². The lowest BCUT2D eigenvalue weighted by Gasteiger charge is -2.24. The number of rotatable bonds is 8. The molecular weight excluding hydrogens is 474 g/mol. The molecule has 0 aromatic heterocycles. The number of ether oxygens (including phenoxy) is 1. The van der Waals surface area contributed by atoms with E-state index in [4.69, 9.17) is 4.74 Å². The van der Waals surface area contributed by atoms with Gasteiger partial charge in [-0.15, -0.1) is 24.0 Å². The average Bonchev–Trinajstić information content (AvgIpc) is 2.53. The summed E-state index contributed by atoms with van der Waals surface area (Å²) in [6.07, 6.45) is 0. The molecule has 0 unspecified atom stereocenters. The molecule has 0 saturated heterocycles. The minimum Gasteiger partial charge on any atom is -0.377 e. The minimum absolute atomic E-state index is 0. The topological polar surface area (TPSA) is 91.8 Å². The molecule has 0 saturated carbocycles. The highest BCUT2D eigenvalue weighted by atomic mass is 127. The molecule has 3 N–H and O–H groups in total. The van der Waals surface area contributed by atoms with Crippen molar-refractivity contribution in [1.82, 2.24) is 10.6 Å². The van der Waals surface area contributed by atoms with E-state index in [0.717, 1.165) is 6.07 Å². The summed E-state index contributed by atoms with van der Waals surface area (Å²) in [7, 11) is -0.393. The summed E-state index contributed by atoms with van der Waals surface area (Å²) < 4.78 is 45.3. The third kappa shape index (κ3) is 8.99. The van der Waals surface area contributed by atoms with Gasteiger partial charge in [-0.2, -0.15) is 0 Å². The van der Waals surface area contributed by atoms with E-state index in [1.165, 1.54) is 12.1 Å². The van der Waals surface area contributed by atoms with Gasteiger partial charge >= 0.3 is 0 Å². The van der Waals surface area contributed by atoms with E-state index in [9.17, 15) is 12.8 Å². The molecule has 0 aliphatic rings. The number of hydrogen-bond acceptors (Lipinski definition) is 4. The molecule has 0 amide bonds. The van der Waals surface area contributed by atoms with Crippen molar-refractivity contribution in [3.63, 3.8) is 0 Å². The van der Waals surface area contributed by atoms with Crippen LogP contribution in [0.5, 0.6) is 0 Å². The monoisotopic (exact) mass is 502 g/mol. The minimum atomic E-state index is -3.60. The predicted octanol–water partition coefficient (Wildman–Crippen LogP) is 2.08. The van der Waals surface area contributed by atoms with Crippen molar-refractivity contribution in [3.05, 3.63) is 29.6 Å². The van der Waals surface area contributed by atoms with Gasteiger partial charge < -0.3 is 15.4 Å². The Morgan fingerprint density at radius 2 is 1.96 bits per heavy atom. The SMILES string of the molecule is CN=C(NCCS(=O)(=O)Nc1ccc(C)c(F)c1)NCC(C)(C)OC.I. The van der Waals surface area contributed by atoms with E-state index in [1.54, 1.807) is 21.1 Å². The first-order chi connectivity index (χ1) is 11.6. The van der Waals surface area contributed by atoms with Gasteiger partial charge in [-0.1, -0.05) is 6.07 Å². The number of anilines is 1. The molecule has 150 valence electrons. The van der Waals surface area contributed by atoms with Gasteiger partial charge in [0.15, 0.2) is 5.96 Å². The number of guanidine groups is 1. The first kappa shape index (κ1) is 24.9. The summed E-state index contributed by atoms with van der Waals surface area (Å²) in [4.78, 5) is 4.02. The maximum absolute atomic E-state index is 13.5. The number of sulfonamides is 1. The number of methoxy groups -OCH3 is 1. The van der Waals surface area contributed by atoms with Crippen molar-refractivity contribution in [1.29, 1.82) is 0 Å². The third-order valence-electron chi connectivity index (χ3n) is 3.57. The van der Waals surface area contributed by atoms with Crippen LogP contribution in [0.1, 0.15) is 19.4 Å². The number of hydrogen-bond donors (Lipinski definition) is 3. The Kier molecular flexibility index (Phi) is 10.4. The second-order valence-electron chi connectivity index (χ2n) is 6.20. The summed E-state index contributed by atoms with van der Waals surface area (Å²) >= 11 is 0. The van der Waals surface area contributed by atoms with Gasteiger partial charge in [0.25, 0.3) is 0 Å². The van der Waals surface area contributed by atoms with Crippen LogP contribution in [0.3, 0.4) is 0 Å². The van der Waals surface area contributed by atoms with Crippen LogP contribution >= 0.6 is 24.0 Å². The van der Waals surface area contributed by atoms with Crippen molar-refractivity contribution in [2.75, 3.05) is 37.7 Å². The van der Waals surface area contributed by atoms with E-state index in [0.29, 0.717) is 18.1 Å². The van der Waals surface area contributed by atoms with Gasteiger partial charge in [0, 0.05) is 27.2 Å². The maximum Gasteiger partial charge on any atom is 0.234 e. The van der Waals surface area contributed by atoms with Crippen LogP contribution in [-0.4, -0.2) is 53.0 Å². The van der Waals surface area contributed by atoms with Crippen LogP contribution in [0.2, 0.25) is 0 Å². The van der Waals surface area contributed by atoms with Crippen molar-refractivity contribution in [2.45, 2.75) is 26.4 Å². The Hall–Kier alpha value is -1.14. The second-order valence-corrected chi connectivity index (χ2v) is 8.04. The molecule has 0 aliphatic carbocycles. The molecule has 1 aromatic rings. The molecule has 0 radical (unpaired) electrons. The van der Waals surface area contributed by atoms with Crippen molar-refractivity contribution in [2.24, 2.45) is 4.99 Å². The van der Waals surface area contributed by atoms with Gasteiger partial charge in [-0.25, -0.2) is 12.8 Å². The summed E-state index contributed by atoms with van der Waals surface area (Å²) in [6, 6.07) is 4.21. The Morgan fingerprint density at radius 3 is 2.50 bits per heavy atom. The van der Waals surface area contributed by atoms with E-state index >= 15 is 0 Å². The zero-order valence-electron chi connectivity index (χ0n) is 15.7. The third-order valence-corrected chi connectivity index (χ3v) is 4.85. The van der Waals surface area contributed by atoms with Gasteiger partial charge in [-0.05, 0) is 38.5 Å². The maximum atomic E-state index is 13.5. The van der Waals surface area contributed by atoms with Crippen LogP contribution < -0.4 is 15.4 Å². The highest BCUT2D eigenvalue weighted by Gasteiger charge is 2.17. The number of nitrogens with zero attached hydrogens (tertiary/aromatic N) is 1.